The summed E-state index contributed by atoms with van der Waals surface area (Å²) in [5.41, 5.74) is 8.38. The van der Waals surface area contributed by atoms with Crippen molar-refractivity contribution in [2.75, 3.05) is 12.8 Å². The highest BCUT2D eigenvalue weighted by molar-refractivity contribution is 7.16. The van der Waals surface area contributed by atoms with Crippen molar-refractivity contribution < 1.29 is 9.26 Å². The van der Waals surface area contributed by atoms with Crippen LogP contribution in [0.2, 0.25) is 0 Å². The fourth-order valence-corrected chi connectivity index (χ4v) is 3.58. The van der Waals surface area contributed by atoms with Crippen molar-refractivity contribution in [3.05, 3.63) is 16.3 Å². The second-order valence-corrected chi connectivity index (χ2v) is 5.92. The Kier molecular flexibility index (Phi) is 3.28. The summed E-state index contributed by atoms with van der Waals surface area (Å²) in [5, 5.41) is 4.76. The van der Waals surface area contributed by atoms with Gasteiger partial charge in [-0.05, 0) is 38.2 Å². The van der Waals surface area contributed by atoms with Crippen LogP contribution in [0.5, 0.6) is 0 Å². The number of methoxy groups -OCH3 is 1. The molecule has 1 aliphatic carbocycles. The largest absolute Gasteiger partial charge is 0.390 e. The van der Waals surface area contributed by atoms with E-state index in [1.54, 1.807) is 18.4 Å². The van der Waals surface area contributed by atoms with Crippen LogP contribution in [0.25, 0.3) is 11.5 Å². The molecule has 1 atom stereocenters. The van der Waals surface area contributed by atoms with Crippen molar-refractivity contribution >= 4 is 16.3 Å². The number of hydrogen-bond acceptors (Lipinski definition) is 6. The van der Waals surface area contributed by atoms with Gasteiger partial charge >= 0.3 is 0 Å². The van der Waals surface area contributed by atoms with Gasteiger partial charge in [0.15, 0.2) is 0 Å². The molecule has 0 radical (unpaired) electrons. The highest BCUT2D eigenvalue weighted by atomic mass is 32.1. The molecule has 1 aliphatic rings. The summed E-state index contributed by atoms with van der Waals surface area (Å²) >= 11 is 1.65. The first-order valence-electron chi connectivity index (χ1n) is 6.47. The van der Waals surface area contributed by atoms with Gasteiger partial charge in [-0.25, -0.2) is 0 Å². The molecule has 1 unspecified atom stereocenters. The molecular weight excluding hydrogens is 262 g/mol. The quantitative estimate of drug-likeness (QED) is 0.935. The highest BCUT2D eigenvalue weighted by Gasteiger charge is 2.25. The number of anilines is 1. The molecule has 0 aromatic carbocycles. The minimum atomic E-state index is -0.173. The Labute approximate surface area is 115 Å². The summed E-state index contributed by atoms with van der Waals surface area (Å²) in [5.74, 6) is 1.09. The summed E-state index contributed by atoms with van der Waals surface area (Å²) in [6.45, 7) is 1.89. The smallest absolute Gasteiger partial charge is 0.261 e. The average Bonchev–Trinajstić information content (AvgIpc) is 3.00. The van der Waals surface area contributed by atoms with E-state index >= 15 is 0 Å². The first-order chi connectivity index (χ1) is 9.20. The van der Waals surface area contributed by atoms with E-state index in [1.807, 2.05) is 6.92 Å². The number of aromatic nitrogens is 2. The summed E-state index contributed by atoms with van der Waals surface area (Å²) < 4.78 is 10.6. The molecule has 2 aromatic rings. The summed E-state index contributed by atoms with van der Waals surface area (Å²) in [6, 6.07) is 0. The number of thiophene rings is 1. The molecule has 6 heteroatoms. The Morgan fingerprint density at radius 3 is 2.95 bits per heavy atom. The van der Waals surface area contributed by atoms with Crippen molar-refractivity contribution in [3.8, 4) is 11.5 Å². The number of nitrogen functional groups attached to an aromatic ring is 1. The lowest BCUT2D eigenvalue weighted by Gasteiger charge is -2.10. The number of nitrogens with two attached hydrogens (primary N) is 1. The van der Waals surface area contributed by atoms with E-state index in [1.165, 1.54) is 23.3 Å². The summed E-state index contributed by atoms with van der Waals surface area (Å²) in [7, 11) is 1.63. The van der Waals surface area contributed by atoms with Gasteiger partial charge in [0.25, 0.3) is 5.89 Å². The number of nitrogens with zero attached hydrogens (tertiary/aromatic N) is 2. The Hall–Kier alpha value is -1.40. The van der Waals surface area contributed by atoms with Gasteiger partial charge in [0, 0.05) is 12.0 Å². The van der Waals surface area contributed by atoms with E-state index in [0.29, 0.717) is 11.7 Å². The van der Waals surface area contributed by atoms with Crippen LogP contribution in [0.1, 0.15) is 42.1 Å². The van der Waals surface area contributed by atoms with Crippen LogP contribution in [-0.4, -0.2) is 17.3 Å². The molecule has 2 heterocycles. The van der Waals surface area contributed by atoms with Crippen LogP contribution in [0.4, 0.5) is 5.00 Å². The zero-order chi connectivity index (χ0) is 13.4. The Morgan fingerprint density at radius 1 is 1.37 bits per heavy atom. The topological polar surface area (TPSA) is 74.2 Å². The predicted octanol–water partition coefficient (Wildman–Crippen LogP) is 2.97. The molecule has 0 spiro atoms. The second kappa shape index (κ2) is 4.94. The third-order valence-electron chi connectivity index (χ3n) is 3.57. The zero-order valence-electron chi connectivity index (χ0n) is 11.1. The first kappa shape index (κ1) is 12.6. The fraction of sp³-hybridized carbons (Fsp3) is 0.538. The molecule has 0 saturated heterocycles. The van der Waals surface area contributed by atoms with E-state index in [4.69, 9.17) is 15.0 Å². The molecule has 102 valence electrons. The van der Waals surface area contributed by atoms with Crippen molar-refractivity contribution in [2.24, 2.45) is 0 Å². The van der Waals surface area contributed by atoms with Crippen LogP contribution in [0, 0.1) is 0 Å². The molecule has 2 aromatic heterocycles. The number of ether oxygens (including phenoxy) is 1. The van der Waals surface area contributed by atoms with Gasteiger partial charge in [0.1, 0.15) is 6.10 Å². The van der Waals surface area contributed by atoms with E-state index in [9.17, 15) is 0 Å². The standard InChI is InChI=1S/C13H17N3O2S/c1-7(17-2)12-15-13(18-16-12)10-8-5-3-4-6-9(8)19-11(10)14/h7H,3-6,14H2,1-2H3. The minimum absolute atomic E-state index is 0.173. The van der Waals surface area contributed by atoms with Gasteiger partial charge in [-0.2, -0.15) is 4.98 Å². The lowest BCUT2D eigenvalue weighted by molar-refractivity contribution is 0.109. The third-order valence-corrected chi connectivity index (χ3v) is 4.69. The molecule has 0 saturated carbocycles. The minimum Gasteiger partial charge on any atom is -0.390 e. The third kappa shape index (κ3) is 2.15. The number of fused-ring (bicyclic) bond motifs is 1. The molecular formula is C13H17N3O2S. The van der Waals surface area contributed by atoms with Crippen molar-refractivity contribution in [1.29, 1.82) is 0 Å². The second-order valence-electron chi connectivity index (χ2n) is 4.79. The number of aryl methyl sites for hydroxylation is 1. The summed E-state index contributed by atoms with van der Waals surface area (Å²) in [6.07, 6.45) is 4.43. The molecule has 5 nitrogen and oxygen atoms in total. The van der Waals surface area contributed by atoms with Gasteiger partial charge in [0.2, 0.25) is 5.82 Å². The lowest BCUT2D eigenvalue weighted by Crippen LogP contribution is -2.00. The van der Waals surface area contributed by atoms with Gasteiger partial charge < -0.3 is 15.0 Å². The van der Waals surface area contributed by atoms with Crippen LogP contribution >= 0.6 is 11.3 Å². The van der Waals surface area contributed by atoms with E-state index < -0.39 is 0 Å². The molecule has 19 heavy (non-hydrogen) atoms. The maximum atomic E-state index is 6.13. The van der Waals surface area contributed by atoms with Gasteiger partial charge in [-0.3, -0.25) is 0 Å². The van der Waals surface area contributed by atoms with Crippen LogP contribution in [0.3, 0.4) is 0 Å². The van der Waals surface area contributed by atoms with Crippen LogP contribution in [-0.2, 0) is 17.6 Å². The fourth-order valence-electron chi connectivity index (χ4n) is 2.43. The van der Waals surface area contributed by atoms with Crippen molar-refractivity contribution in [3.63, 3.8) is 0 Å². The Bertz CT molecular complexity index is 591. The molecule has 0 amide bonds. The Morgan fingerprint density at radius 2 is 2.16 bits per heavy atom. The lowest BCUT2D eigenvalue weighted by atomic mass is 9.95. The van der Waals surface area contributed by atoms with Crippen molar-refractivity contribution in [2.45, 2.75) is 38.7 Å². The first-order valence-corrected chi connectivity index (χ1v) is 7.29. The average molecular weight is 279 g/mol. The molecule has 2 N–H and O–H groups in total. The number of rotatable bonds is 3. The molecule has 3 rings (SSSR count). The van der Waals surface area contributed by atoms with Crippen LogP contribution < -0.4 is 5.73 Å². The van der Waals surface area contributed by atoms with E-state index in [-0.39, 0.29) is 6.10 Å². The van der Waals surface area contributed by atoms with Gasteiger partial charge in [-0.1, -0.05) is 5.16 Å². The van der Waals surface area contributed by atoms with Crippen LogP contribution in [0.15, 0.2) is 4.52 Å². The monoisotopic (exact) mass is 279 g/mol. The molecule has 0 fully saturated rings. The molecule has 0 bridgehead atoms. The van der Waals surface area contributed by atoms with E-state index in [2.05, 4.69) is 10.1 Å². The van der Waals surface area contributed by atoms with Crippen molar-refractivity contribution in [1.82, 2.24) is 10.1 Å². The zero-order valence-corrected chi connectivity index (χ0v) is 11.9. The number of hydrogen-bond donors (Lipinski definition) is 1. The van der Waals surface area contributed by atoms with Gasteiger partial charge in [0.05, 0.1) is 10.6 Å². The SMILES string of the molecule is COC(C)c1noc(-c2c(N)sc3c2CCCC3)n1. The molecule has 0 aliphatic heterocycles. The Balaban J connectivity index is 2.02. The maximum Gasteiger partial charge on any atom is 0.261 e. The normalized spacial score (nSPS) is 16.3. The summed E-state index contributed by atoms with van der Waals surface area (Å²) in [4.78, 5) is 5.79. The predicted molar refractivity (Wildman–Crippen MR) is 74.1 cm³/mol. The highest BCUT2D eigenvalue weighted by Crippen LogP contribution is 2.42. The maximum absolute atomic E-state index is 6.13. The van der Waals surface area contributed by atoms with E-state index in [0.717, 1.165) is 23.4 Å². The van der Waals surface area contributed by atoms with Gasteiger partial charge in [-0.15, -0.1) is 11.3 Å².